The van der Waals surface area contributed by atoms with Gasteiger partial charge in [-0.25, -0.2) is 0 Å². The van der Waals surface area contributed by atoms with Crippen molar-refractivity contribution in [3.8, 4) is 11.5 Å². The molecule has 0 spiro atoms. The molecule has 0 atom stereocenters. The first kappa shape index (κ1) is 19.4. The third-order valence-corrected chi connectivity index (χ3v) is 4.54. The Hall–Kier alpha value is -3.33. The number of ether oxygens (including phenoxy) is 2. The van der Waals surface area contributed by atoms with Crippen molar-refractivity contribution in [1.29, 1.82) is 0 Å². The fourth-order valence-electron chi connectivity index (χ4n) is 2.48. The van der Waals surface area contributed by atoms with Gasteiger partial charge in [-0.1, -0.05) is 12.1 Å². The number of nitro benzene ring substituents is 1. The van der Waals surface area contributed by atoms with Gasteiger partial charge in [-0.15, -0.1) is 0 Å². The molecule has 9 heteroatoms. The van der Waals surface area contributed by atoms with Crippen molar-refractivity contribution < 1.29 is 19.2 Å². The number of rotatable bonds is 7. The van der Waals surface area contributed by atoms with Crippen molar-refractivity contribution in [2.75, 3.05) is 13.2 Å². The van der Waals surface area contributed by atoms with Crippen molar-refractivity contribution >= 4 is 34.6 Å². The SMILES string of the molecule is Cc1cccc(OCCOc2ccc([N+](=O)[O-])cc2/C=C2/SC(N)=NC2=O)c1. The van der Waals surface area contributed by atoms with Crippen LogP contribution in [0.1, 0.15) is 11.1 Å². The average molecular weight is 399 g/mol. The smallest absolute Gasteiger partial charge is 0.286 e. The molecule has 0 radical (unpaired) electrons. The number of nitrogens with zero attached hydrogens (tertiary/aromatic N) is 2. The number of thioether (sulfide) groups is 1. The molecule has 3 rings (SSSR count). The Morgan fingerprint density at radius 1 is 1.21 bits per heavy atom. The first-order valence-electron chi connectivity index (χ1n) is 8.31. The van der Waals surface area contributed by atoms with Crippen LogP contribution in [0.15, 0.2) is 52.4 Å². The van der Waals surface area contributed by atoms with Gasteiger partial charge in [-0.2, -0.15) is 4.99 Å². The van der Waals surface area contributed by atoms with Gasteiger partial charge in [-0.05, 0) is 48.5 Å². The van der Waals surface area contributed by atoms with Crippen LogP contribution in [0.3, 0.4) is 0 Å². The Morgan fingerprint density at radius 2 is 2.00 bits per heavy atom. The second-order valence-electron chi connectivity index (χ2n) is 5.86. The van der Waals surface area contributed by atoms with Gasteiger partial charge < -0.3 is 15.2 Å². The zero-order chi connectivity index (χ0) is 20.1. The molecule has 0 aliphatic carbocycles. The Bertz CT molecular complexity index is 987. The number of carbonyl (C=O) groups excluding carboxylic acids is 1. The van der Waals surface area contributed by atoms with E-state index in [1.54, 1.807) is 0 Å². The summed E-state index contributed by atoms with van der Waals surface area (Å²) in [5.74, 6) is 0.641. The molecule has 8 nitrogen and oxygen atoms in total. The molecule has 144 valence electrons. The normalized spacial score (nSPS) is 14.8. The lowest BCUT2D eigenvalue weighted by Gasteiger charge is -2.11. The molecule has 0 unspecified atom stereocenters. The van der Waals surface area contributed by atoms with E-state index in [9.17, 15) is 14.9 Å². The second kappa shape index (κ2) is 8.57. The standard InChI is InChI=1S/C19H17N3O5S/c1-12-3-2-4-15(9-12)26-7-8-27-16-6-5-14(22(24)25)10-13(16)11-17-18(23)21-19(20)28-17/h2-6,9-11H,7-8H2,1H3,(H2,20,21,23)/b17-11+. The molecule has 0 fully saturated rings. The number of carbonyl (C=O) groups is 1. The molecule has 2 aromatic rings. The molecule has 0 saturated carbocycles. The van der Waals surface area contributed by atoms with Crippen LogP contribution in [-0.4, -0.2) is 29.2 Å². The minimum atomic E-state index is -0.513. The number of nitro groups is 1. The van der Waals surface area contributed by atoms with E-state index in [0.29, 0.717) is 17.9 Å². The Kier molecular flexibility index (Phi) is 5.95. The number of amidine groups is 1. The zero-order valence-corrected chi connectivity index (χ0v) is 15.8. The van der Waals surface area contributed by atoms with Crippen LogP contribution in [0.5, 0.6) is 11.5 Å². The number of hydrogen-bond acceptors (Lipinski definition) is 7. The minimum absolute atomic E-state index is 0.112. The number of non-ortho nitro benzene ring substituents is 1. The highest BCUT2D eigenvalue weighted by Crippen LogP contribution is 2.31. The molecule has 0 aromatic heterocycles. The van der Waals surface area contributed by atoms with E-state index < -0.39 is 10.8 Å². The van der Waals surface area contributed by atoms with E-state index in [1.165, 1.54) is 24.3 Å². The molecule has 0 bridgehead atoms. The van der Waals surface area contributed by atoms with E-state index in [4.69, 9.17) is 15.2 Å². The summed E-state index contributed by atoms with van der Waals surface area (Å²) in [6, 6.07) is 11.8. The van der Waals surface area contributed by atoms with Crippen LogP contribution in [-0.2, 0) is 4.79 Å². The summed E-state index contributed by atoms with van der Waals surface area (Å²) in [6.45, 7) is 2.49. The van der Waals surface area contributed by atoms with Gasteiger partial charge in [0.15, 0.2) is 5.17 Å². The van der Waals surface area contributed by atoms with Gasteiger partial charge in [0.25, 0.3) is 11.6 Å². The molecular weight excluding hydrogens is 382 g/mol. The number of benzene rings is 2. The highest BCUT2D eigenvalue weighted by molar-refractivity contribution is 8.18. The summed E-state index contributed by atoms with van der Waals surface area (Å²) in [4.78, 5) is 26.3. The van der Waals surface area contributed by atoms with Crippen LogP contribution in [0.4, 0.5) is 5.69 Å². The highest BCUT2D eigenvalue weighted by Gasteiger charge is 2.21. The molecule has 2 N–H and O–H groups in total. The molecular formula is C19H17N3O5S. The summed E-state index contributed by atoms with van der Waals surface area (Å²) in [7, 11) is 0. The first-order valence-corrected chi connectivity index (χ1v) is 9.13. The maximum atomic E-state index is 11.8. The number of hydrogen-bond donors (Lipinski definition) is 1. The van der Waals surface area contributed by atoms with Crippen molar-refractivity contribution in [3.63, 3.8) is 0 Å². The van der Waals surface area contributed by atoms with Gasteiger partial charge in [0.05, 0.1) is 9.83 Å². The third-order valence-electron chi connectivity index (χ3n) is 3.73. The quantitative estimate of drug-likeness (QED) is 0.328. The van der Waals surface area contributed by atoms with Gasteiger partial charge in [0.1, 0.15) is 24.7 Å². The molecule has 1 aliphatic rings. The summed E-state index contributed by atoms with van der Waals surface area (Å²) in [6.07, 6.45) is 1.49. The fraction of sp³-hybridized carbons (Fsp3) is 0.158. The van der Waals surface area contributed by atoms with Crippen molar-refractivity contribution in [2.45, 2.75) is 6.92 Å². The van der Waals surface area contributed by atoms with E-state index >= 15 is 0 Å². The predicted molar refractivity (Wildman–Crippen MR) is 107 cm³/mol. The van der Waals surface area contributed by atoms with E-state index in [2.05, 4.69) is 4.99 Å². The molecule has 28 heavy (non-hydrogen) atoms. The fourth-order valence-corrected chi connectivity index (χ4v) is 3.15. The molecule has 2 aromatic carbocycles. The number of amides is 1. The molecule has 1 amide bonds. The Morgan fingerprint density at radius 3 is 2.68 bits per heavy atom. The van der Waals surface area contributed by atoms with E-state index in [1.807, 2.05) is 31.2 Å². The van der Waals surface area contributed by atoms with E-state index in [-0.39, 0.29) is 22.4 Å². The maximum Gasteiger partial charge on any atom is 0.286 e. The topological polar surface area (TPSA) is 117 Å². The summed E-state index contributed by atoms with van der Waals surface area (Å²) < 4.78 is 11.3. The lowest BCUT2D eigenvalue weighted by Crippen LogP contribution is -2.09. The molecule has 1 aliphatic heterocycles. The Balaban J connectivity index is 1.72. The average Bonchev–Trinajstić information content (AvgIpc) is 2.96. The largest absolute Gasteiger partial charge is 0.490 e. The van der Waals surface area contributed by atoms with Crippen LogP contribution in [0, 0.1) is 17.0 Å². The van der Waals surface area contributed by atoms with Gasteiger partial charge in [0.2, 0.25) is 0 Å². The Labute approximate surface area is 165 Å². The molecule has 0 saturated heterocycles. The number of aliphatic imine (C=N–C) groups is 1. The van der Waals surface area contributed by atoms with Crippen molar-refractivity contribution in [1.82, 2.24) is 0 Å². The minimum Gasteiger partial charge on any atom is -0.490 e. The molecule has 1 heterocycles. The van der Waals surface area contributed by atoms with E-state index in [0.717, 1.165) is 23.1 Å². The van der Waals surface area contributed by atoms with Gasteiger partial charge in [0, 0.05) is 17.7 Å². The number of nitrogens with two attached hydrogens (primary N) is 1. The maximum absolute atomic E-state index is 11.8. The lowest BCUT2D eigenvalue weighted by atomic mass is 10.1. The summed E-state index contributed by atoms with van der Waals surface area (Å²) in [5.41, 5.74) is 6.91. The van der Waals surface area contributed by atoms with Crippen LogP contribution in [0.2, 0.25) is 0 Å². The lowest BCUT2D eigenvalue weighted by molar-refractivity contribution is -0.384. The predicted octanol–water partition coefficient (Wildman–Crippen LogP) is 3.29. The van der Waals surface area contributed by atoms with Crippen LogP contribution in [0.25, 0.3) is 6.08 Å². The monoisotopic (exact) mass is 399 g/mol. The zero-order valence-electron chi connectivity index (χ0n) is 15.0. The summed E-state index contributed by atoms with van der Waals surface area (Å²) in [5, 5.41) is 11.2. The van der Waals surface area contributed by atoms with Gasteiger partial charge in [-0.3, -0.25) is 14.9 Å². The van der Waals surface area contributed by atoms with Gasteiger partial charge >= 0.3 is 0 Å². The second-order valence-corrected chi connectivity index (χ2v) is 6.92. The number of aryl methyl sites for hydroxylation is 1. The van der Waals surface area contributed by atoms with Crippen molar-refractivity contribution in [3.05, 3.63) is 68.6 Å². The highest BCUT2D eigenvalue weighted by atomic mass is 32.2. The van der Waals surface area contributed by atoms with Crippen LogP contribution >= 0.6 is 11.8 Å². The summed E-state index contributed by atoms with van der Waals surface area (Å²) >= 11 is 1.01. The van der Waals surface area contributed by atoms with Crippen molar-refractivity contribution in [2.24, 2.45) is 10.7 Å². The first-order chi connectivity index (χ1) is 13.4. The third kappa shape index (κ3) is 4.89. The van der Waals surface area contributed by atoms with Crippen LogP contribution < -0.4 is 15.2 Å².